The number of rotatable bonds is 5. The number of hydrogen-bond donors (Lipinski definition) is 1. The molecule has 0 aliphatic heterocycles. The van der Waals surface area contributed by atoms with Crippen LogP contribution in [0.5, 0.6) is 0 Å². The van der Waals surface area contributed by atoms with Crippen LogP contribution in [0.25, 0.3) is 32.7 Å². The maximum atomic E-state index is 12.1. The van der Waals surface area contributed by atoms with E-state index < -0.39 is 0 Å². The maximum absolute atomic E-state index is 12.1. The van der Waals surface area contributed by atoms with Crippen molar-refractivity contribution in [2.75, 3.05) is 11.1 Å². The highest BCUT2D eigenvalue weighted by atomic mass is 32.2. The highest BCUT2D eigenvalue weighted by molar-refractivity contribution is 8.00. The monoisotopic (exact) mass is 385 g/mol. The van der Waals surface area contributed by atoms with Crippen LogP contribution in [0, 0.1) is 0 Å². The van der Waals surface area contributed by atoms with Gasteiger partial charge in [-0.05, 0) is 56.1 Å². The predicted molar refractivity (Wildman–Crippen MR) is 123 cm³/mol. The lowest BCUT2D eigenvalue weighted by atomic mass is 9.92. The Bertz CT molecular complexity index is 1080. The molecule has 4 aromatic rings. The average molecular weight is 386 g/mol. The van der Waals surface area contributed by atoms with Crippen molar-refractivity contribution in [2.45, 2.75) is 19.1 Å². The molecule has 0 heterocycles. The summed E-state index contributed by atoms with van der Waals surface area (Å²) >= 11 is 1.65. The molecule has 28 heavy (non-hydrogen) atoms. The molecule has 3 heteroatoms. The molecule has 0 fully saturated rings. The first-order valence-corrected chi connectivity index (χ1v) is 10.6. The minimum atomic E-state index is 0.0436. The molecule has 0 saturated carbocycles. The molecular formula is C25H23NOS. The zero-order chi connectivity index (χ0) is 19.5. The second-order valence-corrected chi connectivity index (χ2v) is 8.74. The van der Waals surface area contributed by atoms with Crippen LogP contribution in [0.4, 0.5) is 5.69 Å². The molecule has 0 saturated heterocycles. The molecule has 0 aromatic heterocycles. The van der Waals surface area contributed by atoms with E-state index >= 15 is 0 Å². The van der Waals surface area contributed by atoms with E-state index in [0.29, 0.717) is 11.0 Å². The van der Waals surface area contributed by atoms with Crippen molar-refractivity contribution in [3.8, 4) is 11.1 Å². The van der Waals surface area contributed by atoms with Gasteiger partial charge in [0.1, 0.15) is 0 Å². The van der Waals surface area contributed by atoms with Crippen molar-refractivity contribution in [2.24, 2.45) is 0 Å². The van der Waals surface area contributed by atoms with Gasteiger partial charge in [0.25, 0.3) is 0 Å². The first-order valence-electron chi connectivity index (χ1n) is 9.54. The second kappa shape index (κ2) is 8.07. The van der Waals surface area contributed by atoms with Crippen LogP contribution in [-0.2, 0) is 4.79 Å². The summed E-state index contributed by atoms with van der Waals surface area (Å²) in [6, 6.07) is 27.4. The molecule has 0 bridgehead atoms. The molecule has 4 rings (SSSR count). The smallest absolute Gasteiger partial charge is 0.234 e. The fraction of sp³-hybridized carbons (Fsp3) is 0.160. The van der Waals surface area contributed by atoms with E-state index in [2.05, 4.69) is 85.9 Å². The molecule has 0 aliphatic rings. The number of nitrogens with one attached hydrogen (secondary N) is 1. The molecule has 0 spiro atoms. The standard InChI is InChI=1S/C25H23NOS/c1-17(2)28-16-24(27)26-21-13-11-18(12-14-21)25-22-9-5-3-7-19(22)15-20-8-4-6-10-23(20)25/h3-15,17H,16H2,1-2H3,(H,26,27). The molecule has 4 aromatic carbocycles. The number of amides is 1. The number of thioether (sulfide) groups is 1. The third kappa shape index (κ3) is 3.90. The Morgan fingerprint density at radius 2 is 1.43 bits per heavy atom. The topological polar surface area (TPSA) is 29.1 Å². The van der Waals surface area contributed by atoms with Crippen LogP contribution < -0.4 is 5.32 Å². The van der Waals surface area contributed by atoms with Gasteiger partial charge in [-0.25, -0.2) is 0 Å². The molecule has 0 unspecified atom stereocenters. The van der Waals surface area contributed by atoms with Crippen molar-refractivity contribution >= 4 is 44.9 Å². The summed E-state index contributed by atoms with van der Waals surface area (Å²) in [5.41, 5.74) is 3.23. The average Bonchev–Trinajstić information content (AvgIpc) is 2.71. The van der Waals surface area contributed by atoms with E-state index in [1.807, 2.05) is 12.1 Å². The third-order valence-corrected chi connectivity index (χ3v) is 5.87. The van der Waals surface area contributed by atoms with Crippen LogP contribution in [0.1, 0.15) is 13.8 Å². The Labute approximate surface area is 170 Å². The summed E-state index contributed by atoms with van der Waals surface area (Å²) < 4.78 is 0. The number of benzene rings is 4. The molecule has 0 radical (unpaired) electrons. The minimum Gasteiger partial charge on any atom is -0.325 e. The quantitative estimate of drug-likeness (QED) is 0.385. The summed E-state index contributed by atoms with van der Waals surface area (Å²) in [5.74, 6) is 0.523. The summed E-state index contributed by atoms with van der Waals surface area (Å²) in [5, 5.41) is 8.40. The number of hydrogen-bond acceptors (Lipinski definition) is 2. The van der Waals surface area contributed by atoms with Crippen LogP contribution in [-0.4, -0.2) is 16.9 Å². The van der Waals surface area contributed by atoms with Gasteiger partial charge in [-0.15, -0.1) is 11.8 Å². The van der Waals surface area contributed by atoms with Crippen molar-refractivity contribution in [1.82, 2.24) is 0 Å². The van der Waals surface area contributed by atoms with Gasteiger partial charge in [0.05, 0.1) is 5.75 Å². The van der Waals surface area contributed by atoms with Crippen LogP contribution in [0.3, 0.4) is 0 Å². The van der Waals surface area contributed by atoms with Gasteiger partial charge in [-0.1, -0.05) is 74.5 Å². The Morgan fingerprint density at radius 1 is 0.857 bits per heavy atom. The fourth-order valence-electron chi connectivity index (χ4n) is 3.48. The molecule has 1 N–H and O–H groups in total. The summed E-state index contributed by atoms with van der Waals surface area (Å²) in [6.45, 7) is 4.20. The lowest BCUT2D eigenvalue weighted by Crippen LogP contribution is -2.15. The fourth-order valence-corrected chi connectivity index (χ4v) is 4.04. The highest BCUT2D eigenvalue weighted by Crippen LogP contribution is 2.36. The van der Waals surface area contributed by atoms with Gasteiger partial charge in [-0.3, -0.25) is 4.79 Å². The summed E-state index contributed by atoms with van der Waals surface area (Å²) in [7, 11) is 0. The largest absolute Gasteiger partial charge is 0.325 e. The van der Waals surface area contributed by atoms with Gasteiger partial charge < -0.3 is 5.32 Å². The van der Waals surface area contributed by atoms with Crippen LogP contribution in [0.2, 0.25) is 0 Å². The van der Waals surface area contributed by atoms with Crippen molar-refractivity contribution in [1.29, 1.82) is 0 Å². The normalized spacial score (nSPS) is 11.2. The number of anilines is 1. The van der Waals surface area contributed by atoms with Gasteiger partial charge in [0.15, 0.2) is 0 Å². The number of carbonyl (C=O) groups excluding carboxylic acids is 1. The van der Waals surface area contributed by atoms with E-state index in [0.717, 1.165) is 11.3 Å². The van der Waals surface area contributed by atoms with Gasteiger partial charge >= 0.3 is 0 Å². The minimum absolute atomic E-state index is 0.0436. The van der Waals surface area contributed by atoms with E-state index in [4.69, 9.17) is 0 Å². The van der Waals surface area contributed by atoms with Gasteiger partial charge in [-0.2, -0.15) is 0 Å². The summed E-state index contributed by atoms with van der Waals surface area (Å²) in [4.78, 5) is 12.1. The number of carbonyl (C=O) groups is 1. The zero-order valence-electron chi connectivity index (χ0n) is 16.1. The Kier molecular flexibility index (Phi) is 5.36. The Hall–Kier alpha value is -2.78. The summed E-state index contributed by atoms with van der Waals surface area (Å²) in [6.07, 6.45) is 0. The Balaban J connectivity index is 1.71. The lowest BCUT2D eigenvalue weighted by Gasteiger charge is -2.13. The molecule has 0 aliphatic carbocycles. The number of fused-ring (bicyclic) bond motifs is 2. The van der Waals surface area contributed by atoms with Crippen LogP contribution in [0.15, 0.2) is 78.9 Å². The van der Waals surface area contributed by atoms with E-state index in [1.54, 1.807) is 11.8 Å². The molecular weight excluding hydrogens is 362 g/mol. The van der Waals surface area contributed by atoms with E-state index in [1.165, 1.54) is 27.1 Å². The third-order valence-electron chi connectivity index (χ3n) is 4.78. The van der Waals surface area contributed by atoms with Gasteiger partial charge in [0.2, 0.25) is 5.91 Å². The predicted octanol–water partition coefficient (Wildman–Crippen LogP) is 6.74. The first kappa shape index (κ1) is 18.6. The maximum Gasteiger partial charge on any atom is 0.234 e. The second-order valence-electron chi connectivity index (χ2n) is 7.18. The van der Waals surface area contributed by atoms with Crippen molar-refractivity contribution in [3.05, 3.63) is 78.9 Å². The van der Waals surface area contributed by atoms with E-state index in [9.17, 15) is 4.79 Å². The van der Waals surface area contributed by atoms with Crippen LogP contribution >= 0.6 is 11.8 Å². The SMILES string of the molecule is CC(C)SCC(=O)Nc1ccc(-c2c3ccccc3cc3ccccc23)cc1. The van der Waals surface area contributed by atoms with Crippen molar-refractivity contribution in [3.63, 3.8) is 0 Å². The van der Waals surface area contributed by atoms with Crippen molar-refractivity contribution < 1.29 is 4.79 Å². The lowest BCUT2D eigenvalue weighted by molar-refractivity contribution is -0.113. The van der Waals surface area contributed by atoms with E-state index in [-0.39, 0.29) is 5.91 Å². The zero-order valence-corrected chi connectivity index (χ0v) is 16.9. The first-order chi connectivity index (χ1) is 13.6. The Morgan fingerprint density at radius 3 is 2.00 bits per heavy atom. The molecule has 1 amide bonds. The molecule has 2 nitrogen and oxygen atoms in total. The molecule has 0 atom stereocenters. The van der Waals surface area contributed by atoms with Gasteiger partial charge in [0, 0.05) is 5.69 Å². The highest BCUT2D eigenvalue weighted by Gasteiger charge is 2.10. The molecule has 140 valence electrons.